The maximum atomic E-state index is 15.4. The number of hydrogen-bond acceptors (Lipinski definition) is 14. The lowest BCUT2D eigenvalue weighted by Gasteiger charge is -2.41. The van der Waals surface area contributed by atoms with Crippen LogP contribution in [0, 0.1) is 41.4 Å². The first-order valence-corrected chi connectivity index (χ1v) is 33.2. The Morgan fingerprint density at radius 1 is 0.511 bits per heavy atom. The van der Waals surface area contributed by atoms with E-state index in [1.807, 2.05) is 55.4 Å². The van der Waals surface area contributed by atoms with E-state index in [1.54, 1.807) is 78.0 Å². The van der Waals surface area contributed by atoms with Crippen LogP contribution in [0.3, 0.4) is 0 Å². The van der Waals surface area contributed by atoms with Crippen LogP contribution in [-0.4, -0.2) is 240 Å². The van der Waals surface area contributed by atoms with Gasteiger partial charge in [0.15, 0.2) is 0 Å². The van der Waals surface area contributed by atoms with Crippen LogP contribution in [0.15, 0.2) is 30.3 Å². The van der Waals surface area contributed by atoms with E-state index in [9.17, 15) is 43.5 Å². The lowest BCUT2D eigenvalue weighted by molar-refractivity contribution is -0.157. The van der Waals surface area contributed by atoms with Gasteiger partial charge >= 0.3 is 5.97 Å². The Labute approximate surface area is 559 Å². The molecule has 11 amide bonds. The van der Waals surface area contributed by atoms with Crippen molar-refractivity contribution in [2.24, 2.45) is 41.4 Å². The second-order valence-electron chi connectivity index (χ2n) is 28.0. The molecule has 0 spiro atoms. The lowest BCUT2D eigenvalue weighted by atomic mass is 9.91. The molecule has 1 heterocycles. The summed E-state index contributed by atoms with van der Waals surface area (Å²) in [4.78, 5) is 182. The normalized spacial score (nSPS) is 25.4. The van der Waals surface area contributed by atoms with Crippen LogP contribution < -0.4 is 21.3 Å². The molecular weight excluding hydrogens is 1210 g/mol. The average Bonchev–Trinajstić information content (AvgIpc) is 0.807. The fourth-order valence-electron chi connectivity index (χ4n) is 11.6. The number of hydrogen-bond donors (Lipinski definition) is 5. The predicted molar refractivity (Wildman–Crippen MR) is 360 cm³/mol. The summed E-state index contributed by atoms with van der Waals surface area (Å²) in [7, 11) is 11.1. The number of carbonyl (C=O) groups is 12. The fourth-order valence-corrected chi connectivity index (χ4v) is 11.6. The third-order valence-corrected chi connectivity index (χ3v) is 17.5. The number of benzene rings is 1. The van der Waals surface area contributed by atoms with Crippen molar-refractivity contribution < 1.29 is 67.4 Å². The molecule has 1 aromatic rings. The Hall–Kier alpha value is -7.44. The summed E-state index contributed by atoms with van der Waals surface area (Å²) in [5.41, 5.74) is 1.05. The molecule has 1 aromatic carbocycles. The minimum absolute atomic E-state index is 0.0199. The van der Waals surface area contributed by atoms with Gasteiger partial charge < -0.3 is 65.4 Å². The molecule has 0 aromatic heterocycles. The summed E-state index contributed by atoms with van der Waals surface area (Å²) in [5.74, 6) is -10.8. The molecule has 0 saturated carbocycles. The summed E-state index contributed by atoms with van der Waals surface area (Å²) >= 11 is 0. The molecule has 1 saturated heterocycles. The van der Waals surface area contributed by atoms with Gasteiger partial charge in [-0.05, 0) is 111 Å². The third-order valence-electron chi connectivity index (χ3n) is 17.5. The number of likely N-dealkylation sites (N-methyl/N-ethyl adjacent to an activating group) is 7. The van der Waals surface area contributed by atoms with Gasteiger partial charge in [-0.3, -0.25) is 52.7 Å². The largest absolute Gasteiger partial charge is 0.465 e. The first-order chi connectivity index (χ1) is 43.6. The monoisotopic (exact) mass is 1320 g/mol. The Kier molecular flexibility index (Phi) is 33.1. The van der Waals surface area contributed by atoms with Crippen LogP contribution in [0.5, 0.6) is 0 Å². The number of allylic oxidation sites excluding steroid dienone is 1. The van der Waals surface area contributed by atoms with Gasteiger partial charge in [0.25, 0.3) is 0 Å². The van der Waals surface area contributed by atoms with E-state index in [4.69, 9.17) is 4.74 Å². The molecule has 1 fully saturated rings. The number of esters is 1. The van der Waals surface area contributed by atoms with E-state index in [-0.39, 0.29) is 62.2 Å². The highest BCUT2D eigenvalue weighted by Gasteiger charge is 2.46. The molecular formula is C69H115N11O14. The standard InChI is InChI=1S/C69H115N11O14/c1-25-49-64(88)74(17)37-54(81)75(18)50(33-38(2)3)61(85)73-55(42(10)11)67(91)76(19)51(34-39(4)5)60(84)70-45(15)59(83)71-46(16)63(87)77(20)52(35-40(6)7)65(89)78(21)53(36-41(8)9)66(90)79(22)56(43(12)13)68(92)80(23)57(62(86)72-49)58(82)44(14)27-26-28-47-29-31-48(32-30-47)69(93)94-24/h26,28-32,38-46,49-53,55-58,82H,25,27,33-37H2,1-24H3,(H,70,84)(H,71,83)(H,72,86)(H,73,85)/b28-26+/t44-,45+,46-,49+,50+,51+,52+,53+,55+,56+,57+,58-/m1/s1. The highest BCUT2D eigenvalue weighted by Crippen LogP contribution is 2.26. The summed E-state index contributed by atoms with van der Waals surface area (Å²) in [6, 6.07) is -6.11. The second kappa shape index (κ2) is 37.6. The van der Waals surface area contributed by atoms with Crippen LogP contribution in [0.25, 0.3) is 6.08 Å². The molecule has 1 aliphatic rings. The lowest BCUT2D eigenvalue weighted by Crippen LogP contribution is -2.63. The van der Waals surface area contributed by atoms with Crippen molar-refractivity contribution in [3.63, 3.8) is 0 Å². The number of nitrogens with one attached hydrogen (secondary N) is 4. The van der Waals surface area contributed by atoms with E-state index in [1.165, 1.54) is 94.8 Å². The smallest absolute Gasteiger partial charge is 0.337 e. The second-order valence-corrected chi connectivity index (χ2v) is 28.0. The van der Waals surface area contributed by atoms with Gasteiger partial charge in [-0.2, -0.15) is 0 Å². The zero-order valence-corrected chi connectivity index (χ0v) is 60.7. The van der Waals surface area contributed by atoms with Gasteiger partial charge in [-0.15, -0.1) is 0 Å². The predicted octanol–water partition coefficient (Wildman–Crippen LogP) is 4.19. The highest BCUT2D eigenvalue weighted by atomic mass is 16.5. The maximum Gasteiger partial charge on any atom is 0.337 e. The Balaban J connectivity index is 3.00. The van der Waals surface area contributed by atoms with E-state index in [2.05, 4.69) is 21.3 Å². The van der Waals surface area contributed by atoms with Gasteiger partial charge in [-0.25, -0.2) is 4.79 Å². The number of amides is 11. The summed E-state index contributed by atoms with van der Waals surface area (Å²) in [6.45, 7) is 27.3. The number of methoxy groups -OCH3 is 1. The number of rotatable bonds is 17. The Bertz CT molecular complexity index is 2810. The van der Waals surface area contributed by atoms with E-state index < -0.39 is 162 Å². The van der Waals surface area contributed by atoms with Crippen LogP contribution in [-0.2, 0) is 57.5 Å². The number of aliphatic hydroxyl groups is 1. The maximum absolute atomic E-state index is 15.4. The van der Waals surface area contributed by atoms with Gasteiger partial charge in [-0.1, -0.05) is 121 Å². The van der Waals surface area contributed by atoms with Crippen LogP contribution in [0.2, 0.25) is 0 Å². The van der Waals surface area contributed by atoms with Gasteiger partial charge in [0, 0.05) is 49.3 Å². The van der Waals surface area contributed by atoms with Crippen molar-refractivity contribution in [3.05, 3.63) is 41.5 Å². The number of aliphatic hydroxyl groups excluding tert-OH is 1. The van der Waals surface area contributed by atoms with E-state index in [0.29, 0.717) is 11.1 Å². The quantitative estimate of drug-likeness (QED) is 0.137. The molecule has 2 rings (SSSR count). The molecule has 94 heavy (non-hydrogen) atoms. The van der Waals surface area contributed by atoms with Crippen LogP contribution in [0.4, 0.5) is 0 Å². The van der Waals surface area contributed by atoms with Crippen LogP contribution in [0.1, 0.15) is 165 Å². The number of ether oxygens (including phenoxy) is 1. The number of nitrogens with zero attached hydrogens (tertiary/aromatic N) is 7. The molecule has 1 aliphatic heterocycles. The zero-order chi connectivity index (χ0) is 72.2. The van der Waals surface area contributed by atoms with Crippen molar-refractivity contribution in [2.45, 2.75) is 216 Å². The molecule has 530 valence electrons. The first-order valence-electron chi connectivity index (χ1n) is 33.2. The highest BCUT2D eigenvalue weighted by molar-refractivity contribution is 6.00. The molecule has 25 heteroatoms. The van der Waals surface area contributed by atoms with Crippen LogP contribution >= 0.6 is 0 Å². The molecule has 12 atom stereocenters. The fraction of sp³-hybridized carbons (Fsp3) is 0.710. The molecule has 5 N–H and O–H groups in total. The topological polar surface area (TPSA) is 305 Å². The van der Waals surface area contributed by atoms with Crippen molar-refractivity contribution >= 4 is 77.0 Å². The zero-order valence-electron chi connectivity index (χ0n) is 60.7. The minimum atomic E-state index is -1.70. The molecule has 0 bridgehead atoms. The Morgan fingerprint density at radius 3 is 1.41 bits per heavy atom. The van der Waals surface area contributed by atoms with Crippen molar-refractivity contribution in [2.75, 3.05) is 63.0 Å². The minimum Gasteiger partial charge on any atom is -0.465 e. The Morgan fingerprint density at radius 2 is 0.947 bits per heavy atom. The van der Waals surface area contributed by atoms with Gasteiger partial charge in [0.05, 0.1) is 25.3 Å². The van der Waals surface area contributed by atoms with Gasteiger partial charge in [0.1, 0.15) is 60.4 Å². The average molecular weight is 1320 g/mol. The molecule has 0 aliphatic carbocycles. The summed E-state index contributed by atoms with van der Waals surface area (Å²) in [5, 5.41) is 23.4. The summed E-state index contributed by atoms with van der Waals surface area (Å²) in [6.07, 6.45) is 2.57. The van der Waals surface area contributed by atoms with Crippen molar-refractivity contribution in [1.82, 2.24) is 55.6 Å². The van der Waals surface area contributed by atoms with Gasteiger partial charge in [0.2, 0.25) is 65.0 Å². The third kappa shape index (κ3) is 22.9. The number of carbonyl (C=O) groups excluding carboxylic acids is 12. The SMILES string of the molecule is CC[C@@H]1NC(=O)[C@H]([C@H](O)[C@H](C)C/C=C/c2ccc(C(=O)OC)cc2)N(C)C(=O)[C@H](C(C)C)N(C)C(=O)[C@H](CC(C)C)N(C)C(=O)[C@H](CC(C)C)N(C)C(=O)[C@@H](C)NC(=O)[C@H](C)NC(=O)[C@H](CC(C)C)N(C)C(=O)[C@H](C(C)C)NC(=O)[C@H](CC(C)C)N(C)C(=O)CN(C)C1=O. The van der Waals surface area contributed by atoms with E-state index >= 15 is 19.2 Å². The van der Waals surface area contributed by atoms with Crippen molar-refractivity contribution in [3.8, 4) is 0 Å². The first kappa shape index (κ1) is 82.7. The summed E-state index contributed by atoms with van der Waals surface area (Å²) < 4.78 is 4.82. The molecule has 0 unspecified atom stereocenters. The van der Waals surface area contributed by atoms with Crippen molar-refractivity contribution in [1.29, 1.82) is 0 Å². The van der Waals surface area contributed by atoms with E-state index in [0.717, 1.165) is 9.80 Å². The molecule has 0 radical (unpaired) electrons. The molecule has 25 nitrogen and oxygen atoms in total.